The van der Waals surface area contributed by atoms with E-state index in [0.29, 0.717) is 46.9 Å². The molecule has 1 saturated heterocycles. The lowest BCUT2D eigenvalue weighted by Crippen LogP contribution is -2.27. The minimum Gasteiger partial charge on any atom is -0.497 e. The van der Waals surface area contributed by atoms with Gasteiger partial charge in [-0.25, -0.2) is 0 Å². The maximum absolute atomic E-state index is 12.4. The summed E-state index contributed by atoms with van der Waals surface area (Å²) in [5, 5.41) is 0. The summed E-state index contributed by atoms with van der Waals surface area (Å²) in [5.41, 5.74) is 0.849. The van der Waals surface area contributed by atoms with Crippen LogP contribution in [0, 0.1) is 0 Å². The normalized spacial score (nSPS) is 14.8. The van der Waals surface area contributed by atoms with Crippen LogP contribution < -0.4 is 18.9 Å². The zero-order valence-electron chi connectivity index (χ0n) is 17.8. The van der Waals surface area contributed by atoms with Crippen molar-refractivity contribution in [1.29, 1.82) is 0 Å². The minimum atomic E-state index is -0.0622. The molecule has 0 aliphatic carbocycles. The fourth-order valence-electron chi connectivity index (χ4n) is 2.94. The van der Waals surface area contributed by atoms with E-state index in [1.807, 2.05) is 55.5 Å². The monoisotopic (exact) mass is 459 g/mol. The van der Waals surface area contributed by atoms with Crippen molar-refractivity contribution in [3.63, 3.8) is 0 Å². The highest BCUT2D eigenvalue weighted by Gasteiger charge is 2.30. The Morgan fingerprint density at radius 3 is 2.48 bits per heavy atom. The van der Waals surface area contributed by atoms with Crippen molar-refractivity contribution in [2.24, 2.45) is 0 Å². The van der Waals surface area contributed by atoms with Crippen molar-refractivity contribution >= 4 is 40.3 Å². The van der Waals surface area contributed by atoms with Gasteiger partial charge >= 0.3 is 0 Å². The van der Waals surface area contributed by atoms with Crippen molar-refractivity contribution in [2.75, 3.05) is 34.0 Å². The lowest BCUT2D eigenvalue weighted by atomic mass is 10.2. The van der Waals surface area contributed by atoms with Crippen LogP contribution in [0.4, 0.5) is 0 Å². The molecule has 0 N–H and O–H groups in total. The quantitative estimate of drug-likeness (QED) is 0.288. The Morgan fingerprint density at radius 1 is 1.00 bits per heavy atom. The largest absolute Gasteiger partial charge is 0.497 e. The second-order valence-corrected chi connectivity index (χ2v) is 8.24. The van der Waals surface area contributed by atoms with E-state index in [1.165, 1.54) is 11.8 Å². The molecule has 1 heterocycles. The summed E-state index contributed by atoms with van der Waals surface area (Å²) in [6.07, 6.45) is 2.53. The van der Waals surface area contributed by atoms with Gasteiger partial charge < -0.3 is 18.9 Å². The molecule has 1 aliphatic rings. The standard InChI is InChI=1S/C23H25NO5S2/c1-4-24-22(25)21(31-23(24)30)14-16-9-10-19(20(13-16)27-3)29-12-6-11-28-18-8-5-7-17(15-18)26-2/h5,7-10,13-15H,4,6,11-12H2,1-3H3/b21-14+. The summed E-state index contributed by atoms with van der Waals surface area (Å²) < 4.78 is 22.8. The molecule has 0 unspecified atom stereocenters. The van der Waals surface area contributed by atoms with Gasteiger partial charge in [-0.2, -0.15) is 0 Å². The number of likely N-dealkylation sites (N-methyl/N-ethyl adjacent to an activating group) is 1. The van der Waals surface area contributed by atoms with E-state index in [-0.39, 0.29) is 5.91 Å². The third-order valence-corrected chi connectivity index (χ3v) is 5.91. The molecule has 0 aromatic heterocycles. The van der Waals surface area contributed by atoms with E-state index in [1.54, 1.807) is 19.1 Å². The van der Waals surface area contributed by atoms with Crippen LogP contribution >= 0.6 is 24.0 Å². The Labute approximate surface area is 192 Å². The van der Waals surface area contributed by atoms with Crippen LogP contribution in [0.25, 0.3) is 6.08 Å². The number of thiocarbonyl (C=S) groups is 1. The Bertz CT molecular complexity index is 976. The zero-order valence-corrected chi connectivity index (χ0v) is 19.4. The van der Waals surface area contributed by atoms with Crippen LogP contribution in [0.3, 0.4) is 0 Å². The molecule has 0 bridgehead atoms. The highest BCUT2D eigenvalue weighted by molar-refractivity contribution is 8.26. The van der Waals surface area contributed by atoms with Crippen molar-refractivity contribution in [3.8, 4) is 23.0 Å². The van der Waals surface area contributed by atoms with Gasteiger partial charge in [0.2, 0.25) is 0 Å². The summed E-state index contributed by atoms with van der Waals surface area (Å²) in [7, 11) is 3.22. The zero-order chi connectivity index (χ0) is 22.2. The third kappa shape index (κ3) is 5.92. The first-order valence-electron chi connectivity index (χ1n) is 9.88. The molecule has 1 aliphatic heterocycles. The van der Waals surface area contributed by atoms with Gasteiger partial charge in [0.1, 0.15) is 15.8 Å². The number of rotatable bonds is 10. The first-order chi connectivity index (χ1) is 15.0. The van der Waals surface area contributed by atoms with Gasteiger partial charge in [0.05, 0.1) is 32.3 Å². The summed E-state index contributed by atoms with van der Waals surface area (Å²) in [6.45, 7) is 3.48. The molecule has 6 nitrogen and oxygen atoms in total. The van der Waals surface area contributed by atoms with Crippen molar-refractivity contribution in [3.05, 3.63) is 52.9 Å². The van der Waals surface area contributed by atoms with Gasteiger partial charge in [-0.1, -0.05) is 36.1 Å². The van der Waals surface area contributed by atoms with E-state index >= 15 is 0 Å². The Balaban J connectivity index is 1.55. The first kappa shape index (κ1) is 23.0. The summed E-state index contributed by atoms with van der Waals surface area (Å²) in [4.78, 5) is 14.6. The molecule has 0 radical (unpaired) electrons. The van der Waals surface area contributed by atoms with Crippen molar-refractivity contribution in [1.82, 2.24) is 4.90 Å². The van der Waals surface area contributed by atoms with Crippen LogP contribution in [0.5, 0.6) is 23.0 Å². The molecule has 1 amide bonds. The lowest BCUT2D eigenvalue weighted by molar-refractivity contribution is -0.121. The van der Waals surface area contributed by atoms with Crippen molar-refractivity contribution < 1.29 is 23.7 Å². The second-order valence-electron chi connectivity index (χ2n) is 6.57. The smallest absolute Gasteiger partial charge is 0.266 e. The molecule has 0 saturated carbocycles. The molecule has 1 fully saturated rings. The Hall–Kier alpha value is -2.71. The van der Waals surface area contributed by atoms with Gasteiger partial charge in [0.15, 0.2) is 11.5 Å². The van der Waals surface area contributed by atoms with Gasteiger partial charge in [-0.15, -0.1) is 0 Å². The number of carbonyl (C=O) groups excluding carboxylic acids is 1. The van der Waals surface area contributed by atoms with Crippen LogP contribution in [0.1, 0.15) is 18.9 Å². The average molecular weight is 460 g/mol. The molecule has 0 atom stereocenters. The number of methoxy groups -OCH3 is 2. The maximum Gasteiger partial charge on any atom is 0.266 e. The highest BCUT2D eigenvalue weighted by Crippen LogP contribution is 2.34. The van der Waals surface area contributed by atoms with Crippen LogP contribution in [0.2, 0.25) is 0 Å². The second kappa shape index (κ2) is 11.1. The predicted octanol–water partition coefficient (Wildman–Crippen LogP) is 4.77. The third-order valence-electron chi connectivity index (χ3n) is 4.53. The van der Waals surface area contributed by atoms with E-state index in [9.17, 15) is 4.79 Å². The number of nitrogens with zero attached hydrogens (tertiary/aromatic N) is 1. The van der Waals surface area contributed by atoms with Crippen LogP contribution in [0.15, 0.2) is 47.4 Å². The van der Waals surface area contributed by atoms with Gasteiger partial charge in [0.25, 0.3) is 5.91 Å². The molecule has 2 aromatic rings. The molecule has 8 heteroatoms. The van der Waals surface area contributed by atoms with E-state index in [2.05, 4.69) is 0 Å². The number of thioether (sulfide) groups is 1. The number of hydrogen-bond acceptors (Lipinski definition) is 7. The molecule has 0 spiro atoms. The predicted molar refractivity (Wildman–Crippen MR) is 127 cm³/mol. The van der Waals surface area contributed by atoms with Crippen molar-refractivity contribution in [2.45, 2.75) is 13.3 Å². The number of benzene rings is 2. The van der Waals surface area contributed by atoms with Gasteiger partial charge in [-0.05, 0) is 42.8 Å². The number of carbonyl (C=O) groups is 1. The molecule has 3 rings (SSSR count). The average Bonchev–Trinajstić information content (AvgIpc) is 3.06. The van der Waals surface area contributed by atoms with Gasteiger partial charge in [0, 0.05) is 19.0 Å². The summed E-state index contributed by atoms with van der Waals surface area (Å²) in [5.74, 6) is 2.70. The maximum atomic E-state index is 12.4. The highest BCUT2D eigenvalue weighted by atomic mass is 32.2. The fourth-order valence-corrected chi connectivity index (χ4v) is 4.32. The summed E-state index contributed by atoms with van der Waals surface area (Å²) in [6, 6.07) is 13.1. The van der Waals surface area contributed by atoms with Crippen LogP contribution in [-0.2, 0) is 4.79 Å². The Morgan fingerprint density at radius 2 is 1.77 bits per heavy atom. The topological polar surface area (TPSA) is 57.2 Å². The van der Waals surface area contributed by atoms with Crippen LogP contribution in [-0.4, -0.2) is 49.1 Å². The molecule has 2 aromatic carbocycles. The van der Waals surface area contributed by atoms with E-state index < -0.39 is 0 Å². The number of amides is 1. The van der Waals surface area contributed by atoms with Gasteiger partial charge in [-0.3, -0.25) is 9.69 Å². The molecular weight excluding hydrogens is 434 g/mol. The number of ether oxygens (including phenoxy) is 4. The fraction of sp³-hybridized carbons (Fsp3) is 0.304. The SMILES string of the molecule is CCN1C(=O)/C(=C\c2ccc(OCCCOc3cccc(OC)c3)c(OC)c2)SC1=S. The summed E-state index contributed by atoms with van der Waals surface area (Å²) >= 11 is 6.57. The minimum absolute atomic E-state index is 0.0622. The lowest BCUT2D eigenvalue weighted by Gasteiger charge is -2.12. The Kier molecular flexibility index (Phi) is 8.20. The molecule has 164 valence electrons. The molecular formula is C23H25NO5S2. The molecule has 31 heavy (non-hydrogen) atoms. The van der Waals surface area contributed by atoms with E-state index in [0.717, 1.165) is 17.1 Å². The first-order valence-corrected chi connectivity index (χ1v) is 11.1. The number of hydrogen-bond donors (Lipinski definition) is 0. The van der Waals surface area contributed by atoms with E-state index in [4.69, 9.17) is 31.2 Å².